The molecule has 0 aliphatic heterocycles. The van der Waals surface area contributed by atoms with Gasteiger partial charge in [-0.2, -0.15) is 0 Å². The zero-order valence-corrected chi connectivity index (χ0v) is 10.2. The first-order valence-corrected chi connectivity index (χ1v) is 5.54. The van der Waals surface area contributed by atoms with Gasteiger partial charge in [0.05, 0.1) is 5.69 Å². The molecule has 1 aromatic heterocycles. The van der Waals surface area contributed by atoms with Gasteiger partial charge in [-0.05, 0) is 36.7 Å². The maximum atomic E-state index is 5.75. The molecule has 0 saturated heterocycles. The van der Waals surface area contributed by atoms with Crippen LogP contribution in [0.15, 0.2) is 48.8 Å². The Morgan fingerprint density at radius 3 is 2.53 bits per heavy atom. The summed E-state index contributed by atoms with van der Waals surface area (Å²) in [5, 5.41) is 3.40. The Labute approximate surface area is 105 Å². The Balaban J connectivity index is 2.26. The quantitative estimate of drug-likeness (QED) is 0.837. The molecule has 2 aromatic rings. The molecule has 86 valence electrons. The number of halogens is 1. The van der Waals surface area contributed by atoms with Crippen molar-refractivity contribution in [2.45, 2.75) is 6.92 Å². The molecule has 0 amide bonds. The maximum Gasteiger partial charge on any atom is 0.222 e. The number of anilines is 1. The number of benzene rings is 1. The van der Waals surface area contributed by atoms with Crippen molar-refractivity contribution >= 4 is 17.3 Å². The molecule has 1 heterocycles. The summed E-state index contributed by atoms with van der Waals surface area (Å²) < 4.78 is 0. The minimum Gasteiger partial charge on any atom is -0.360 e. The van der Waals surface area contributed by atoms with Crippen LogP contribution in [-0.2, 0) is 0 Å². The van der Waals surface area contributed by atoms with Crippen LogP contribution >= 0.6 is 11.6 Å². The summed E-state index contributed by atoms with van der Waals surface area (Å²) in [5.41, 5.74) is 3.72. The molecule has 1 N–H and O–H groups in total. The predicted octanol–water partition coefficient (Wildman–Crippen LogP) is 3.74. The summed E-state index contributed by atoms with van der Waals surface area (Å²) in [7, 11) is 0. The highest BCUT2D eigenvalue weighted by Gasteiger charge is 2.00. The first kappa shape index (κ1) is 11.6. The largest absolute Gasteiger partial charge is 0.360 e. The molecule has 0 spiro atoms. The van der Waals surface area contributed by atoms with E-state index in [-0.39, 0.29) is 5.28 Å². The van der Waals surface area contributed by atoms with E-state index in [4.69, 9.17) is 11.6 Å². The van der Waals surface area contributed by atoms with E-state index < -0.39 is 0 Å². The number of hydrogen-bond acceptors (Lipinski definition) is 3. The van der Waals surface area contributed by atoms with Gasteiger partial charge in [-0.25, -0.2) is 9.97 Å². The molecule has 0 atom stereocenters. The molecule has 4 heteroatoms. The highest BCUT2D eigenvalue weighted by Crippen LogP contribution is 2.20. The Morgan fingerprint density at radius 2 is 1.94 bits per heavy atom. The van der Waals surface area contributed by atoms with Crippen molar-refractivity contribution in [1.82, 2.24) is 9.97 Å². The molecule has 17 heavy (non-hydrogen) atoms. The van der Waals surface area contributed by atoms with Gasteiger partial charge in [-0.15, -0.1) is 0 Å². The Bertz CT molecular complexity index is 535. The third-order valence-electron chi connectivity index (χ3n) is 2.16. The zero-order valence-electron chi connectivity index (χ0n) is 9.44. The third kappa shape index (κ3) is 3.04. The summed E-state index contributed by atoms with van der Waals surface area (Å²) >= 11 is 5.75. The van der Waals surface area contributed by atoms with Crippen molar-refractivity contribution in [1.29, 1.82) is 0 Å². The Kier molecular flexibility index (Phi) is 3.40. The SMILES string of the molecule is C=C(C)Nc1ccc(-c2ccnc(Cl)n2)cc1. The third-order valence-corrected chi connectivity index (χ3v) is 2.35. The molecule has 1 aromatic carbocycles. The van der Waals surface area contributed by atoms with Crippen molar-refractivity contribution < 1.29 is 0 Å². The minimum atomic E-state index is 0.256. The lowest BCUT2D eigenvalue weighted by Gasteiger charge is -2.06. The standard InChI is InChI=1S/C13H12ClN3/c1-9(2)16-11-5-3-10(4-6-11)12-7-8-15-13(14)17-12/h3-8,16H,1H2,2H3. The second kappa shape index (κ2) is 4.97. The second-order valence-electron chi connectivity index (χ2n) is 3.69. The lowest BCUT2D eigenvalue weighted by Crippen LogP contribution is -1.93. The van der Waals surface area contributed by atoms with E-state index in [0.717, 1.165) is 22.6 Å². The maximum absolute atomic E-state index is 5.75. The summed E-state index contributed by atoms with van der Waals surface area (Å²) in [5.74, 6) is 0. The fraction of sp³-hybridized carbons (Fsp3) is 0.0769. The molecule has 0 unspecified atom stereocenters. The van der Waals surface area contributed by atoms with Crippen molar-refractivity contribution in [3.05, 3.63) is 54.1 Å². The van der Waals surface area contributed by atoms with Crippen molar-refractivity contribution in [2.75, 3.05) is 5.32 Å². The molecule has 0 radical (unpaired) electrons. The molecule has 3 nitrogen and oxygen atoms in total. The van der Waals surface area contributed by atoms with Gasteiger partial charge < -0.3 is 5.32 Å². The van der Waals surface area contributed by atoms with E-state index in [0.29, 0.717) is 0 Å². The van der Waals surface area contributed by atoms with Crippen LogP contribution in [0.4, 0.5) is 5.69 Å². The summed E-state index contributed by atoms with van der Waals surface area (Å²) in [6, 6.07) is 9.72. The van der Waals surface area contributed by atoms with Gasteiger partial charge in [-0.1, -0.05) is 18.7 Å². The number of rotatable bonds is 3. The monoisotopic (exact) mass is 245 g/mol. The van der Waals surface area contributed by atoms with E-state index in [9.17, 15) is 0 Å². The number of hydrogen-bond donors (Lipinski definition) is 1. The predicted molar refractivity (Wildman–Crippen MR) is 70.9 cm³/mol. The zero-order chi connectivity index (χ0) is 12.3. The summed E-state index contributed by atoms with van der Waals surface area (Å²) in [4.78, 5) is 8.00. The lowest BCUT2D eigenvalue weighted by atomic mass is 10.1. The van der Waals surface area contributed by atoms with E-state index in [1.54, 1.807) is 6.20 Å². The molecular weight excluding hydrogens is 234 g/mol. The van der Waals surface area contributed by atoms with Gasteiger partial charge in [0.15, 0.2) is 0 Å². The fourth-order valence-corrected chi connectivity index (χ4v) is 1.61. The first-order chi connectivity index (χ1) is 8.15. The lowest BCUT2D eigenvalue weighted by molar-refractivity contribution is 1.17. The van der Waals surface area contributed by atoms with Crippen LogP contribution < -0.4 is 5.32 Å². The normalized spacial score (nSPS) is 10.0. The van der Waals surface area contributed by atoms with Crippen LogP contribution in [0.1, 0.15) is 6.92 Å². The van der Waals surface area contributed by atoms with Gasteiger partial charge in [-0.3, -0.25) is 0 Å². The van der Waals surface area contributed by atoms with Crippen LogP contribution in [0.25, 0.3) is 11.3 Å². The molecule has 2 rings (SSSR count). The van der Waals surface area contributed by atoms with Crippen LogP contribution in [0.3, 0.4) is 0 Å². The van der Waals surface area contributed by atoms with Crippen LogP contribution in [0, 0.1) is 0 Å². The van der Waals surface area contributed by atoms with Gasteiger partial charge in [0.25, 0.3) is 0 Å². The fourth-order valence-electron chi connectivity index (χ4n) is 1.47. The minimum absolute atomic E-state index is 0.256. The molecule has 0 aliphatic rings. The molecule has 0 fully saturated rings. The smallest absolute Gasteiger partial charge is 0.222 e. The number of allylic oxidation sites excluding steroid dienone is 1. The van der Waals surface area contributed by atoms with Gasteiger partial charge >= 0.3 is 0 Å². The summed E-state index contributed by atoms with van der Waals surface area (Å²) in [6.07, 6.45) is 1.64. The van der Waals surface area contributed by atoms with E-state index in [1.807, 2.05) is 37.3 Å². The van der Waals surface area contributed by atoms with Crippen LogP contribution in [0.5, 0.6) is 0 Å². The number of nitrogens with zero attached hydrogens (tertiary/aromatic N) is 2. The average molecular weight is 246 g/mol. The Hall–Kier alpha value is -1.87. The number of nitrogens with one attached hydrogen (secondary N) is 1. The van der Waals surface area contributed by atoms with E-state index >= 15 is 0 Å². The van der Waals surface area contributed by atoms with Gasteiger partial charge in [0.1, 0.15) is 0 Å². The van der Waals surface area contributed by atoms with Gasteiger partial charge in [0.2, 0.25) is 5.28 Å². The van der Waals surface area contributed by atoms with E-state index in [1.165, 1.54) is 0 Å². The molecular formula is C13H12ClN3. The van der Waals surface area contributed by atoms with Gasteiger partial charge in [0, 0.05) is 23.1 Å². The highest BCUT2D eigenvalue weighted by molar-refractivity contribution is 6.28. The second-order valence-corrected chi connectivity index (χ2v) is 4.03. The molecule has 0 aliphatic carbocycles. The number of aromatic nitrogens is 2. The Morgan fingerprint density at radius 1 is 1.24 bits per heavy atom. The molecule has 0 bridgehead atoms. The topological polar surface area (TPSA) is 37.8 Å². The van der Waals surface area contributed by atoms with Crippen LogP contribution in [0.2, 0.25) is 5.28 Å². The van der Waals surface area contributed by atoms with Crippen molar-refractivity contribution in [3.63, 3.8) is 0 Å². The summed E-state index contributed by atoms with van der Waals surface area (Å²) in [6.45, 7) is 5.71. The average Bonchev–Trinajstić information content (AvgIpc) is 2.29. The first-order valence-electron chi connectivity index (χ1n) is 5.16. The van der Waals surface area contributed by atoms with Crippen LogP contribution in [-0.4, -0.2) is 9.97 Å². The highest BCUT2D eigenvalue weighted by atomic mass is 35.5. The van der Waals surface area contributed by atoms with Crippen molar-refractivity contribution in [2.24, 2.45) is 0 Å². The molecule has 0 saturated carbocycles. The van der Waals surface area contributed by atoms with E-state index in [2.05, 4.69) is 21.9 Å². The van der Waals surface area contributed by atoms with Crippen molar-refractivity contribution in [3.8, 4) is 11.3 Å².